The molecule has 3 nitrogen and oxygen atoms in total. The normalized spacial score (nSPS) is 15.9. The van der Waals surface area contributed by atoms with Gasteiger partial charge in [0.1, 0.15) is 0 Å². The van der Waals surface area contributed by atoms with Crippen LogP contribution < -0.4 is 5.09 Å². The van der Waals surface area contributed by atoms with Crippen molar-refractivity contribution in [3.63, 3.8) is 0 Å². The van der Waals surface area contributed by atoms with Crippen molar-refractivity contribution in [1.29, 1.82) is 0 Å². The van der Waals surface area contributed by atoms with E-state index in [4.69, 9.17) is 0 Å². The van der Waals surface area contributed by atoms with Crippen LogP contribution >= 0.6 is 17.9 Å². The first-order valence-corrected chi connectivity index (χ1v) is 6.70. The number of rotatable bonds is 3. The Labute approximate surface area is 65.1 Å². The van der Waals surface area contributed by atoms with Crippen LogP contribution in [0.15, 0.2) is 0 Å². The molecule has 1 unspecified atom stereocenters. The van der Waals surface area contributed by atoms with Crippen LogP contribution in [-0.2, 0) is 9.36 Å². The smallest absolute Gasteiger partial charge is 0.225 e. The predicted octanol–water partition coefficient (Wildman–Crippen LogP) is 1.70. The first kappa shape index (κ1) is 10.0. The Morgan fingerprint density at radius 3 is 2.30 bits per heavy atom. The van der Waals surface area contributed by atoms with Crippen LogP contribution in [0, 0.1) is 0 Å². The Balaban J connectivity index is 4.07. The fraction of sp³-hybridized carbons (Fsp3) is 0.800. The molecule has 0 fully saturated rings. The van der Waals surface area contributed by atoms with Gasteiger partial charge >= 0.3 is 0 Å². The third-order valence-corrected chi connectivity index (χ3v) is 5.94. The van der Waals surface area contributed by atoms with Gasteiger partial charge in [-0.1, -0.05) is 18.3 Å². The van der Waals surface area contributed by atoms with Crippen LogP contribution in [0.25, 0.3) is 0 Å². The standard InChI is InChI=1S/C5H12NO2PS/c1-4-9(8,10-3)6-5(2)7/h4H2,1-3H3,(H,6,7,8). The molecule has 0 aliphatic heterocycles. The highest BCUT2D eigenvalue weighted by atomic mass is 32.7. The summed E-state index contributed by atoms with van der Waals surface area (Å²) >= 11 is 1.22. The SMILES string of the molecule is CCP(=O)(NC(C)=O)SC. The molecule has 0 saturated heterocycles. The zero-order valence-electron chi connectivity index (χ0n) is 6.38. The summed E-state index contributed by atoms with van der Waals surface area (Å²) in [6.45, 7) is 0.752. The third kappa shape index (κ3) is 3.28. The lowest BCUT2D eigenvalue weighted by atomic mass is 10.8. The maximum absolute atomic E-state index is 11.4. The van der Waals surface area contributed by atoms with Crippen molar-refractivity contribution < 1.29 is 9.36 Å². The van der Waals surface area contributed by atoms with E-state index in [1.807, 2.05) is 0 Å². The molecule has 10 heavy (non-hydrogen) atoms. The van der Waals surface area contributed by atoms with Crippen molar-refractivity contribution in [2.75, 3.05) is 12.4 Å². The molecule has 0 aliphatic rings. The van der Waals surface area contributed by atoms with E-state index < -0.39 is 6.49 Å². The Bertz CT molecular complexity index is 163. The number of nitrogens with one attached hydrogen (secondary N) is 1. The lowest BCUT2D eigenvalue weighted by molar-refractivity contribution is -0.117. The van der Waals surface area contributed by atoms with Crippen molar-refractivity contribution in [3.8, 4) is 0 Å². The lowest BCUT2D eigenvalue weighted by Crippen LogP contribution is -2.15. The molecule has 0 aromatic heterocycles. The van der Waals surface area contributed by atoms with Gasteiger partial charge in [0.15, 0.2) is 0 Å². The second-order valence-electron chi connectivity index (χ2n) is 1.84. The highest BCUT2D eigenvalue weighted by molar-refractivity contribution is 8.57. The fourth-order valence-electron chi connectivity index (χ4n) is 0.494. The third-order valence-electron chi connectivity index (χ3n) is 1.04. The van der Waals surface area contributed by atoms with Crippen LogP contribution in [0.1, 0.15) is 13.8 Å². The molecule has 0 saturated carbocycles. The lowest BCUT2D eigenvalue weighted by Gasteiger charge is -2.12. The summed E-state index contributed by atoms with van der Waals surface area (Å²) < 4.78 is 11.4. The van der Waals surface area contributed by atoms with Crippen LogP contribution in [0.4, 0.5) is 0 Å². The molecule has 0 radical (unpaired) electrons. The van der Waals surface area contributed by atoms with Gasteiger partial charge in [0.25, 0.3) is 0 Å². The summed E-state index contributed by atoms with van der Waals surface area (Å²) in [5, 5.41) is 2.44. The van der Waals surface area contributed by atoms with Gasteiger partial charge in [0.05, 0.1) is 0 Å². The summed E-state index contributed by atoms with van der Waals surface area (Å²) in [4.78, 5) is 10.5. The van der Waals surface area contributed by atoms with Gasteiger partial charge in [-0.15, -0.1) is 0 Å². The van der Waals surface area contributed by atoms with Crippen molar-refractivity contribution in [2.24, 2.45) is 0 Å². The van der Waals surface area contributed by atoms with Crippen LogP contribution in [0.3, 0.4) is 0 Å². The molecule has 0 spiro atoms. The summed E-state index contributed by atoms with van der Waals surface area (Å²) in [7, 11) is 0. The van der Waals surface area contributed by atoms with Crippen LogP contribution in [-0.4, -0.2) is 18.3 Å². The molecule has 0 rings (SSSR count). The molecule has 0 bridgehead atoms. The number of amides is 1. The number of carbonyl (C=O) groups excluding carboxylic acids is 1. The molecule has 1 amide bonds. The van der Waals surface area contributed by atoms with E-state index in [9.17, 15) is 9.36 Å². The maximum atomic E-state index is 11.4. The predicted molar refractivity (Wildman–Crippen MR) is 45.5 cm³/mol. The van der Waals surface area contributed by atoms with Crippen LogP contribution in [0.5, 0.6) is 0 Å². The Kier molecular flexibility index (Phi) is 4.06. The van der Waals surface area contributed by atoms with E-state index in [0.29, 0.717) is 6.16 Å². The highest BCUT2D eigenvalue weighted by Crippen LogP contribution is 2.52. The summed E-state index contributed by atoms with van der Waals surface area (Å²) in [6.07, 6.45) is 2.24. The van der Waals surface area contributed by atoms with E-state index >= 15 is 0 Å². The Hall–Kier alpha value is 0.0500. The minimum atomic E-state index is -2.42. The number of carbonyl (C=O) groups is 1. The molecule has 0 aromatic rings. The van der Waals surface area contributed by atoms with E-state index in [1.54, 1.807) is 13.2 Å². The summed E-state index contributed by atoms with van der Waals surface area (Å²) in [5.74, 6) is -0.223. The van der Waals surface area contributed by atoms with Gasteiger partial charge in [-0.05, 0) is 6.26 Å². The van der Waals surface area contributed by atoms with Gasteiger partial charge in [-0.25, -0.2) is 0 Å². The van der Waals surface area contributed by atoms with Gasteiger partial charge in [0.2, 0.25) is 12.4 Å². The van der Waals surface area contributed by atoms with Gasteiger partial charge < -0.3 is 0 Å². The zero-order chi connectivity index (χ0) is 8.20. The first-order chi connectivity index (χ1) is 4.54. The van der Waals surface area contributed by atoms with E-state index in [0.717, 1.165) is 0 Å². The monoisotopic (exact) mass is 181 g/mol. The highest BCUT2D eigenvalue weighted by Gasteiger charge is 2.17. The van der Waals surface area contributed by atoms with Crippen molar-refractivity contribution in [1.82, 2.24) is 5.09 Å². The zero-order valence-corrected chi connectivity index (χ0v) is 8.09. The minimum Gasteiger partial charge on any atom is -0.299 e. The van der Waals surface area contributed by atoms with E-state index in [-0.39, 0.29) is 5.91 Å². The first-order valence-electron chi connectivity index (χ1n) is 2.97. The molecule has 0 aromatic carbocycles. The average Bonchev–Trinajstić information content (AvgIpc) is 1.87. The van der Waals surface area contributed by atoms with Crippen LogP contribution in [0.2, 0.25) is 0 Å². The Morgan fingerprint density at radius 1 is 1.70 bits per heavy atom. The molecule has 60 valence electrons. The number of hydrogen-bond donors (Lipinski definition) is 1. The molecular weight excluding hydrogens is 169 g/mol. The quantitative estimate of drug-likeness (QED) is 0.674. The maximum Gasteiger partial charge on any atom is 0.225 e. The summed E-state index contributed by atoms with van der Waals surface area (Å²) in [5.41, 5.74) is 0. The van der Waals surface area contributed by atoms with E-state index in [1.165, 1.54) is 18.3 Å². The summed E-state index contributed by atoms with van der Waals surface area (Å²) in [6, 6.07) is 0. The molecule has 1 atom stereocenters. The molecule has 5 heteroatoms. The molecule has 0 heterocycles. The van der Waals surface area contributed by atoms with Crippen molar-refractivity contribution in [3.05, 3.63) is 0 Å². The van der Waals surface area contributed by atoms with Gasteiger partial charge in [0, 0.05) is 13.1 Å². The van der Waals surface area contributed by atoms with Gasteiger partial charge in [-0.2, -0.15) is 0 Å². The second-order valence-corrected chi connectivity index (χ2v) is 7.27. The van der Waals surface area contributed by atoms with Crippen molar-refractivity contribution >= 4 is 23.8 Å². The fourth-order valence-corrected chi connectivity index (χ4v) is 2.92. The second kappa shape index (κ2) is 4.04. The van der Waals surface area contributed by atoms with E-state index in [2.05, 4.69) is 5.09 Å². The largest absolute Gasteiger partial charge is 0.299 e. The van der Waals surface area contributed by atoms with Crippen molar-refractivity contribution in [2.45, 2.75) is 13.8 Å². The molecular formula is C5H12NO2PS. The topological polar surface area (TPSA) is 46.2 Å². The average molecular weight is 181 g/mol. The molecule has 0 aliphatic carbocycles. The minimum absolute atomic E-state index is 0.223. The Morgan fingerprint density at radius 2 is 2.20 bits per heavy atom. The molecule has 1 N–H and O–H groups in total. The van der Waals surface area contributed by atoms with Gasteiger partial charge in [-0.3, -0.25) is 14.4 Å². The number of hydrogen-bond acceptors (Lipinski definition) is 3.